The molecule has 0 aliphatic carbocycles. The van der Waals surface area contributed by atoms with E-state index < -0.39 is 0 Å². The van der Waals surface area contributed by atoms with Crippen LogP contribution in [0.3, 0.4) is 0 Å². The molecule has 6 heteroatoms. The van der Waals surface area contributed by atoms with E-state index in [1.54, 1.807) is 4.90 Å². The molecule has 146 valence electrons. The summed E-state index contributed by atoms with van der Waals surface area (Å²) in [6.45, 7) is 3.11. The zero-order chi connectivity index (χ0) is 18.6. The van der Waals surface area contributed by atoms with Gasteiger partial charge in [-0.05, 0) is 56.7 Å². The zero-order valence-electron chi connectivity index (χ0n) is 15.9. The van der Waals surface area contributed by atoms with Crippen LogP contribution in [0.2, 0.25) is 0 Å². The van der Waals surface area contributed by atoms with E-state index >= 15 is 0 Å². The maximum absolute atomic E-state index is 12.3. The zero-order valence-corrected chi connectivity index (χ0v) is 15.9. The lowest BCUT2D eigenvalue weighted by atomic mass is 10.0. The number of imide groups is 1. The second-order valence-electron chi connectivity index (χ2n) is 7.77. The third-order valence-corrected chi connectivity index (χ3v) is 5.89. The van der Waals surface area contributed by atoms with Crippen molar-refractivity contribution in [3.05, 3.63) is 29.8 Å². The van der Waals surface area contributed by atoms with Crippen LogP contribution < -0.4 is 10.1 Å². The van der Waals surface area contributed by atoms with Crippen molar-refractivity contribution in [3.8, 4) is 5.75 Å². The van der Waals surface area contributed by atoms with Crippen molar-refractivity contribution >= 4 is 11.9 Å². The molecule has 3 aliphatic rings. The number of ether oxygens (including phenoxy) is 1. The number of unbranched alkanes of at least 4 members (excludes halogenated alkanes) is 2. The van der Waals surface area contributed by atoms with Crippen LogP contribution in [0, 0.1) is 0 Å². The van der Waals surface area contributed by atoms with E-state index in [0.717, 1.165) is 70.3 Å². The van der Waals surface area contributed by atoms with Gasteiger partial charge in [0.05, 0.1) is 0 Å². The first kappa shape index (κ1) is 18.3. The number of carbonyl (C=O) groups is 2. The van der Waals surface area contributed by atoms with Crippen molar-refractivity contribution < 1.29 is 14.3 Å². The molecule has 1 aromatic rings. The Morgan fingerprint density at radius 2 is 2.00 bits per heavy atom. The number of aryl methyl sites for hydroxylation is 1. The Labute approximate surface area is 160 Å². The third-order valence-electron chi connectivity index (χ3n) is 5.89. The van der Waals surface area contributed by atoms with Gasteiger partial charge in [0.2, 0.25) is 0 Å². The van der Waals surface area contributed by atoms with Crippen molar-refractivity contribution in [1.82, 2.24) is 15.1 Å². The smallest absolute Gasteiger partial charge is 0.327 e. The summed E-state index contributed by atoms with van der Waals surface area (Å²) >= 11 is 0. The van der Waals surface area contributed by atoms with Gasteiger partial charge >= 0.3 is 6.03 Å². The summed E-state index contributed by atoms with van der Waals surface area (Å²) in [4.78, 5) is 27.7. The van der Waals surface area contributed by atoms with Gasteiger partial charge in [-0.15, -0.1) is 0 Å². The first-order chi connectivity index (χ1) is 13.2. The normalized spacial score (nSPS) is 24.1. The molecular weight excluding hydrogens is 342 g/mol. The van der Waals surface area contributed by atoms with Crippen LogP contribution >= 0.6 is 0 Å². The molecule has 0 radical (unpaired) electrons. The molecule has 6 nitrogen and oxygen atoms in total. The van der Waals surface area contributed by atoms with Crippen LogP contribution in [0.5, 0.6) is 5.75 Å². The van der Waals surface area contributed by atoms with Gasteiger partial charge in [-0.1, -0.05) is 24.6 Å². The number of nitrogens with zero attached hydrogens (tertiary/aromatic N) is 2. The van der Waals surface area contributed by atoms with Crippen LogP contribution in [-0.4, -0.2) is 60.1 Å². The number of hydrogen-bond donors (Lipinski definition) is 1. The van der Waals surface area contributed by atoms with Crippen LogP contribution in [0.4, 0.5) is 4.79 Å². The molecule has 2 unspecified atom stereocenters. The lowest BCUT2D eigenvalue weighted by molar-refractivity contribution is -0.128. The number of rotatable bonds is 8. The maximum atomic E-state index is 12.3. The molecule has 3 amide bonds. The Balaban J connectivity index is 1.08. The van der Waals surface area contributed by atoms with E-state index in [9.17, 15) is 9.59 Å². The highest BCUT2D eigenvalue weighted by Gasteiger charge is 2.46. The molecule has 27 heavy (non-hydrogen) atoms. The summed E-state index contributed by atoms with van der Waals surface area (Å²) in [5.41, 5.74) is 1.31. The molecule has 3 heterocycles. The van der Waals surface area contributed by atoms with Crippen molar-refractivity contribution in [3.63, 3.8) is 0 Å². The van der Waals surface area contributed by atoms with Crippen LogP contribution in [0.15, 0.2) is 24.3 Å². The number of nitrogens with one attached hydrogen (secondary N) is 1. The molecule has 0 aromatic heterocycles. The molecule has 0 bridgehead atoms. The number of benzene rings is 1. The molecule has 0 saturated carbocycles. The Bertz CT molecular complexity index is 671. The number of para-hydroxylation sites is 1. The predicted molar refractivity (Wildman–Crippen MR) is 103 cm³/mol. The van der Waals surface area contributed by atoms with Gasteiger partial charge in [0, 0.05) is 19.6 Å². The Morgan fingerprint density at radius 3 is 2.89 bits per heavy atom. The number of hydrogen-bond acceptors (Lipinski definition) is 4. The maximum Gasteiger partial charge on any atom is 0.327 e. The van der Waals surface area contributed by atoms with E-state index in [1.807, 2.05) is 12.1 Å². The van der Waals surface area contributed by atoms with E-state index in [0.29, 0.717) is 6.54 Å². The van der Waals surface area contributed by atoms with E-state index in [1.165, 1.54) is 10.5 Å². The lowest BCUT2D eigenvalue weighted by Gasteiger charge is -2.26. The third kappa shape index (κ3) is 3.95. The lowest BCUT2D eigenvalue weighted by Crippen LogP contribution is -2.35. The molecular formula is C21H29N3O3. The molecule has 1 aromatic carbocycles. The number of amides is 3. The van der Waals surface area contributed by atoms with Crippen molar-refractivity contribution in [2.75, 3.05) is 26.2 Å². The summed E-state index contributed by atoms with van der Waals surface area (Å²) in [5.74, 6) is 1.04. The summed E-state index contributed by atoms with van der Waals surface area (Å²) in [6.07, 6.45) is 7.12. The number of urea groups is 1. The molecule has 1 N–H and O–H groups in total. The number of fused-ring (bicyclic) bond motifs is 2. The second kappa shape index (κ2) is 8.30. The van der Waals surface area contributed by atoms with Crippen molar-refractivity contribution in [1.29, 1.82) is 0 Å². The van der Waals surface area contributed by atoms with Gasteiger partial charge in [0.15, 0.2) is 0 Å². The molecule has 2 fully saturated rings. The second-order valence-corrected chi connectivity index (χ2v) is 7.77. The molecule has 0 spiro atoms. The van der Waals surface area contributed by atoms with Gasteiger partial charge in [0.1, 0.15) is 17.9 Å². The monoisotopic (exact) mass is 371 g/mol. The topological polar surface area (TPSA) is 61.9 Å². The summed E-state index contributed by atoms with van der Waals surface area (Å²) in [6, 6.07) is 8.03. The summed E-state index contributed by atoms with van der Waals surface area (Å²) in [7, 11) is 0. The Morgan fingerprint density at radius 1 is 1.11 bits per heavy atom. The Hall–Kier alpha value is -2.08. The van der Waals surface area contributed by atoms with E-state index in [-0.39, 0.29) is 24.1 Å². The van der Waals surface area contributed by atoms with E-state index in [4.69, 9.17) is 4.74 Å². The summed E-state index contributed by atoms with van der Waals surface area (Å²) in [5, 5.41) is 3.48. The average Bonchev–Trinajstić information content (AvgIpc) is 3.26. The minimum Gasteiger partial charge on any atom is -0.489 e. The largest absolute Gasteiger partial charge is 0.489 e. The van der Waals surface area contributed by atoms with Gasteiger partial charge < -0.3 is 15.0 Å². The molecule has 3 aliphatic heterocycles. The molecule has 2 saturated heterocycles. The molecule has 4 rings (SSSR count). The quantitative estimate of drug-likeness (QED) is 0.564. The minimum absolute atomic E-state index is 0.0188. The fourth-order valence-electron chi connectivity index (χ4n) is 4.37. The average molecular weight is 371 g/mol. The van der Waals surface area contributed by atoms with Gasteiger partial charge in [-0.3, -0.25) is 9.69 Å². The fraction of sp³-hybridized carbons (Fsp3) is 0.619. The van der Waals surface area contributed by atoms with Crippen LogP contribution in [0.25, 0.3) is 0 Å². The fourth-order valence-corrected chi connectivity index (χ4v) is 4.37. The SMILES string of the molecule is O=C1C2CCCN2C(=O)N1CCCCCNCC1CCc2ccccc2O1. The van der Waals surface area contributed by atoms with E-state index in [2.05, 4.69) is 17.4 Å². The highest BCUT2D eigenvalue weighted by Crippen LogP contribution is 2.28. The van der Waals surface area contributed by atoms with Crippen molar-refractivity contribution in [2.45, 2.75) is 57.1 Å². The van der Waals surface area contributed by atoms with Crippen molar-refractivity contribution in [2.24, 2.45) is 0 Å². The van der Waals surface area contributed by atoms with Gasteiger partial charge in [-0.25, -0.2) is 4.79 Å². The first-order valence-corrected chi connectivity index (χ1v) is 10.3. The predicted octanol–water partition coefficient (Wildman–Crippen LogP) is 2.57. The first-order valence-electron chi connectivity index (χ1n) is 10.3. The highest BCUT2D eigenvalue weighted by molar-refractivity contribution is 6.04. The summed E-state index contributed by atoms with van der Waals surface area (Å²) < 4.78 is 6.04. The Kier molecular flexibility index (Phi) is 5.62. The van der Waals surface area contributed by atoms with Gasteiger partial charge in [0.25, 0.3) is 5.91 Å². The highest BCUT2D eigenvalue weighted by atomic mass is 16.5. The minimum atomic E-state index is -0.167. The number of carbonyl (C=O) groups excluding carboxylic acids is 2. The van der Waals surface area contributed by atoms with Gasteiger partial charge in [-0.2, -0.15) is 0 Å². The van der Waals surface area contributed by atoms with Crippen LogP contribution in [-0.2, 0) is 11.2 Å². The molecule has 2 atom stereocenters. The van der Waals surface area contributed by atoms with Crippen LogP contribution in [0.1, 0.15) is 44.1 Å². The standard InChI is InChI=1S/C21H29N3O3/c25-20-18-8-6-14-23(18)21(26)24(20)13-5-1-4-12-22-15-17-11-10-16-7-2-3-9-19(16)27-17/h2-3,7,9,17-18,22H,1,4-6,8,10-15H2.